The van der Waals surface area contributed by atoms with Crippen LogP contribution in [0.2, 0.25) is 0 Å². The van der Waals surface area contributed by atoms with Crippen LogP contribution in [0.3, 0.4) is 0 Å². The Balaban J connectivity index is 2.81. The summed E-state index contributed by atoms with van der Waals surface area (Å²) in [7, 11) is 1.74. The molecule has 18 heavy (non-hydrogen) atoms. The zero-order valence-electron chi connectivity index (χ0n) is 11.9. The molecule has 0 unspecified atom stereocenters. The fourth-order valence-electron chi connectivity index (χ4n) is 1.99. The molecule has 0 bridgehead atoms. The van der Waals surface area contributed by atoms with Gasteiger partial charge in [0.15, 0.2) is 0 Å². The SMILES string of the molecule is COc1cc(C)c(CNCCCS)cc1C(C)C. The van der Waals surface area contributed by atoms with Crippen molar-refractivity contribution in [1.29, 1.82) is 0 Å². The van der Waals surface area contributed by atoms with Gasteiger partial charge in [-0.3, -0.25) is 0 Å². The summed E-state index contributed by atoms with van der Waals surface area (Å²) in [4.78, 5) is 0. The average Bonchev–Trinajstić information content (AvgIpc) is 2.35. The molecule has 102 valence electrons. The van der Waals surface area contributed by atoms with Gasteiger partial charge < -0.3 is 10.1 Å². The minimum absolute atomic E-state index is 0.483. The number of benzene rings is 1. The van der Waals surface area contributed by atoms with Crippen molar-refractivity contribution in [3.05, 3.63) is 28.8 Å². The number of methoxy groups -OCH3 is 1. The van der Waals surface area contributed by atoms with Gasteiger partial charge in [-0.2, -0.15) is 12.6 Å². The summed E-state index contributed by atoms with van der Waals surface area (Å²) >= 11 is 4.21. The van der Waals surface area contributed by atoms with Crippen LogP contribution < -0.4 is 10.1 Å². The number of aryl methyl sites for hydroxylation is 1. The summed E-state index contributed by atoms with van der Waals surface area (Å²) in [5, 5.41) is 3.46. The van der Waals surface area contributed by atoms with Crippen LogP contribution >= 0.6 is 12.6 Å². The van der Waals surface area contributed by atoms with E-state index in [2.05, 4.69) is 50.8 Å². The molecule has 0 fully saturated rings. The highest BCUT2D eigenvalue weighted by Crippen LogP contribution is 2.29. The van der Waals surface area contributed by atoms with Crippen LogP contribution in [0, 0.1) is 6.92 Å². The Morgan fingerprint density at radius 3 is 2.61 bits per heavy atom. The quantitative estimate of drug-likeness (QED) is 0.582. The second-order valence-corrected chi connectivity index (χ2v) is 5.38. The van der Waals surface area contributed by atoms with Crippen molar-refractivity contribution in [3.8, 4) is 5.75 Å². The standard InChI is InChI=1S/C15H25NOS/c1-11(2)14-9-13(10-16-6-5-7-18)12(3)8-15(14)17-4/h8-9,11,16,18H,5-7,10H2,1-4H3. The Bertz CT molecular complexity index is 377. The zero-order chi connectivity index (χ0) is 13.5. The van der Waals surface area contributed by atoms with Crippen molar-refractivity contribution in [1.82, 2.24) is 5.32 Å². The highest BCUT2D eigenvalue weighted by molar-refractivity contribution is 7.80. The topological polar surface area (TPSA) is 21.3 Å². The van der Waals surface area contributed by atoms with E-state index in [9.17, 15) is 0 Å². The maximum absolute atomic E-state index is 5.45. The lowest BCUT2D eigenvalue weighted by atomic mass is 9.96. The fraction of sp³-hybridized carbons (Fsp3) is 0.600. The van der Waals surface area contributed by atoms with Gasteiger partial charge in [-0.15, -0.1) is 0 Å². The Hall–Kier alpha value is -0.670. The Labute approximate surface area is 117 Å². The molecule has 0 amide bonds. The van der Waals surface area contributed by atoms with Crippen LogP contribution in [0.4, 0.5) is 0 Å². The van der Waals surface area contributed by atoms with Gasteiger partial charge in [0, 0.05) is 6.54 Å². The molecule has 0 saturated heterocycles. The van der Waals surface area contributed by atoms with E-state index in [0.717, 1.165) is 31.0 Å². The van der Waals surface area contributed by atoms with E-state index in [1.54, 1.807) is 7.11 Å². The van der Waals surface area contributed by atoms with Crippen molar-refractivity contribution >= 4 is 12.6 Å². The molecule has 0 atom stereocenters. The van der Waals surface area contributed by atoms with E-state index in [0.29, 0.717) is 5.92 Å². The first kappa shape index (κ1) is 15.4. The lowest BCUT2D eigenvalue weighted by molar-refractivity contribution is 0.407. The van der Waals surface area contributed by atoms with E-state index >= 15 is 0 Å². The molecule has 1 aromatic rings. The predicted octanol–water partition coefficient (Wildman–Crippen LogP) is 3.54. The summed E-state index contributed by atoms with van der Waals surface area (Å²) in [6.07, 6.45) is 1.11. The molecule has 0 heterocycles. The summed E-state index contributed by atoms with van der Waals surface area (Å²) < 4.78 is 5.45. The van der Waals surface area contributed by atoms with Crippen molar-refractivity contribution in [2.24, 2.45) is 0 Å². The molecule has 0 saturated carbocycles. The summed E-state index contributed by atoms with van der Waals surface area (Å²) in [5.74, 6) is 2.42. The normalized spacial score (nSPS) is 11.0. The summed E-state index contributed by atoms with van der Waals surface area (Å²) in [6, 6.07) is 4.41. The lowest BCUT2D eigenvalue weighted by Crippen LogP contribution is -2.16. The number of hydrogen-bond donors (Lipinski definition) is 2. The third kappa shape index (κ3) is 4.21. The van der Waals surface area contributed by atoms with Gasteiger partial charge in [-0.25, -0.2) is 0 Å². The molecular formula is C15H25NOS. The first-order chi connectivity index (χ1) is 8.60. The van der Waals surface area contributed by atoms with E-state index in [4.69, 9.17) is 4.74 Å². The number of ether oxygens (including phenoxy) is 1. The highest BCUT2D eigenvalue weighted by atomic mass is 32.1. The Kier molecular flexibility index (Phi) is 6.58. The molecule has 1 N–H and O–H groups in total. The van der Waals surface area contributed by atoms with E-state index in [-0.39, 0.29) is 0 Å². The molecule has 0 aliphatic carbocycles. The van der Waals surface area contributed by atoms with E-state index in [1.165, 1.54) is 16.7 Å². The Morgan fingerprint density at radius 1 is 1.33 bits per heavy atom. The molecule has 0 aliphatic heterocycles. The van der Waals surface area contributed by atoms with E-state index < -0.39 is 0 Å². The molecule has 0 aliphatic rings. The minimum atomic E-state index is 0.483. The molecule has 0 spiro atoms. The molecule has 3 heteroatoms. The van der Waals surface area contributed by atoms with Gasteiger partial charge in [0.2, 0.25) is 0 Å². The smallest absolute Gasteiger partial charge is 0.122 e. The monoisotopic (exact) mass is 267 g/mol. The van der Waals surface area contributed by atoms with Gasteiger partial charge in [0.1, 0.15) is 5.75 Å². The fourth-order valence-corrected chi connectivity index (χ4v) is 2.15. The molecule has 1 aromatic carbocycles. The van der Waals surface area contributed by atoms with Gasteiger partial charge in [-0.1, -0.05) is 19.9 Å². The van der Waals surface area contributed by atoms with Crippen molar-refractivity contribution < 1.29 is 4.74 Å². The third-order valence-electron chi connectivity index (χ3n) is 3.14. The third-order valence-corrected chi connectivity index (χ3v) is 3.45. The van der Waals surface area contributed by atoms with Crippen LogP contribution in [-0.4, -0.2) is 19.4 Å². The molecule has 0 radical (unpaired) electrons. The van der Waals surface area contributed by atoms with Gasteiger partial charge in [-0.05, 0) is 54.3 Å². The zero-order valence-corrected chi connectivity index (χ0v) is 12.8. The first-order valence-corrected chi connectivity index (χ1v) is 7.22. The molecule has 1 rings (SSSR count). The van der Waals surface area contributed by atoms with Crippen molar-refractivity contribution in [3.63, 3.8) is 0 Å². The van der Waals surface area contributed by atoms with Crippen LogP contribution in [0.25, 0.3) is 0 Å². The van der Waals surface area contributed by atoms with Gasteiger partial charge >= 0.3 is 0 Å². The first-order valence-electron chi connectivity index (χ1n) is 6.59. The maximum Gasteiger partial charge on any atom is 0.122 e. The van der Waals surface area contributed by atoms with Crippen molar-refractivity contribution in [2.75, 3.05) is 19.4 Å². The largest absolute Gasteiger partial charge is 0.496 e. The number of rotatable bonds is 7. The van der Waals surface area contributed by atoms with E-state index in [1.807, 2.05) is 0 Å². The van der Waals surface area contributed by atoms with Crippen molar-refractivity contribution in [2.45, 2.75) is 39.7 Å². The second-order valence-electron chi connectivity index (χ2n) is 4.93. The summed E-state index contributed by atoms with van der Waals surface area (Å²) in [6.45, 7) is 8.48. The van der Waals surface area contributed by atoms with Crippen LogP contribution in [0.5, 0.6) is 5.75 Å². The summed E-state index contributed by atoms with van der Waals surface area (Å²) in [5.41, 5.74) is 3.93. The minimum Gasteiger partial charge on any atom is -0.496 e. The van der Waals surface area contributed by atoms with Crippen LogP contribution in [-0.2, 0) is 6.54 Å². The van der Waals surface area contributed by atoms with Gasteiger partial charge in [0.05, 0.1) is 7.11 Å². The molecular weight excluding hydrogens is 242 g/mol. The number of nitrogens with one attached hydrogen (secondary N) is 1. The average molecular weight is 267 g/mol. The van der Waals surface area contributed by atoms with Gasteiger partial charge in [0.25, 0.3) is 0 Å². The lowest BCUT2D eigenvalue weighted by Gasteiger charge is -2.16. The predicted molar refractivity (Wildman–Crippen MR) is 82.0 cm³/mol. The maximum atomic E-state index is 5.45. The van der Waals surface area contributed by atoms with Crippen LogP contribution in [0.15, 0.2) is 12.1 Å². The second kappa shape index (κ2) is 7.70. The number of hydrogen-bond acceptors (Lipinski definition) is 3. The molecule has 2 nitrogen and oxygen atoms in total. The Morgan fingerprint density at radius 2 is 2.06 bits per heavy atom. The number of thiol groups is 1. The highest BCUT2D eigenvalue weighted by Gasteiger charge is 2.10. The molecule has 0 aromatic heterocycles. The van der Waals surface area contributed by atoms with Crippen LogP contribution in [0.1, 0.15) is 42.9 Å².